The molecule has 0 fully saturated rings. The minimum atomic E-state index is -0.246. The number of hydrogen-bond donors (Lipinski definition) is 1. The first-order valence-electron chi connectivity index (χ1n) is 7.56. The van der Waals surface area contributed by atoms with Crippen LogP contribution in [-0.4, -0.2) is 14.5 Å². The molecule has 0 amide bonds. The highest BCUT2D eigenvalue weighted by Gasteiger charge is 2.13. The third-order valence-electron chi connectivity index (χ3n) is 3.57. The molecule has 0 atom stereocenters. The molecule has 0 radical (unpaired) electrons. The molecule has 0 spiro atoms. The summed E-state index contributed by atoms with van der Waals surface area (Å²) < 4.78 is 14.7. The number of aryl methyl sites for hydroxylation is 1. The number of nitrogens with one attached hydrogen (secondary N) is 1. The van der Waals surface area contributed by atoms with Crippen LogP contribution in [0.15, 0.2) is 40.3 Å². The molecule has 120 valence electrons. The van der Waals surface area contributed by atoms with Crippen LogP contribution in [0.2, 0.25) is 0 Å². The monoisotopic (exact) mass is 331 g/mol. The summed E-state index contributed by atoms with van der Waals surface area (Å²) in [6, 6.07) is 8.28. The summed E-state index contributed by atoms with van der Waals surface area (Å²) in [6.45, 7) is 4.58. The van der Waals surface area contributed by atoms with E-state index in [2.05, 4.69) is 9.97 Å². The van der Waals surface area contributed by atoms with Crippen molar-refractivity contribution in [2.24, 2.45) is 0 Å². The van der Waals surface area contributed by atoms with Crippen molar-refractivity contribution in [2.45, 2.75) is 37.7 Å². The number of nitrogens with zero attached hydrogens (tertiary/aromatic N) is 2. The predicted octanol–water partition coefficient (Wildman–Crippen LogP) is 3.87. The van der Waals surface area contributed by atoms with E-state index in [1.54, 1.807) is 16.7 Å². The zero-order chi connectivity index (χ0) is 16.4. The van der Waals surface area contributed by atoms with Gasteiger partial charge in [0.25, 0.3) is 5.56 Å². The Hall–Kier alpha value is -2.08. The summed E-state index contributed by atoms with van der Waals surface area (Å²) in [5.41, 5.74) is 3.14. The Morgan fingerprint density at radius 3 is 2.74 bits per heavy atom. The number of halogens is 1. The highest BCUT2D eigenvalue weighted by molar-refractivity contribution is 7.98. The maximum Gasteiger partial charge on any atom is 0.278 e. The smallest absolute Gasteiger partial charge is 0.278 e. The molecule has 0 bridgehead atoms. The Morgan fingerprint density at radius 1 is 1.30 bits per heavy atom. The summed E-state index contributed by atoms with van der Waals surface area (Å²) in [7, 11) is 0. The average Bonchev–Trinajstić information content (AvgIpc) is 2.91. The second kappa shape index (κ2) is 6.58. The van der Waals surface area contributed by atoms with Crippen LogP contribution < -0.4 is 5.56 Å². The van der Waals surface area contributed by atoms with Crippen molar-refractivity contribution in [1.29, 1.82) is 0 Å². The minimum Gasteiger partial charge on any atom is -0.353 e. The number of rotatable bonds is 5. The van der Waals surface area contributed by atoms with Gasteiger partial charge in [-0.25, -0.2) is 9.37 Å². The molecule has 6 heteroatoms. The van der Waals surface area contributed by atoms with E-state index in [4.69, 9.17) is 0 Å². The lowest BCUT2D eigenvalue weighted by molar-refractivity contribution is 0.584. The summed E-state index contributed by atoms with van der Waals surface area (Å²) in [6.07, 6.45) is 0.858. The molecule has 3 rings (SSSR count). The Labute approximate surface area is 137 Å². The van der Waals surface area contributed by atoms with E-state index in [9.17, 15) is 9.18 Å². The summed E-state index contributed by atoms with van der Waals surface area (Å²) in [5, 5.41) is 0.702. The third-order valence-corrected chi connectivity index (χ3v) is 4.61. The fraction of sp³-hybridized carbons (Fsp3) is 0.294. The molecular weight excluding hydrogens is 313 g/mol. The lowest BCUT2D eigenvalue weighted by atomic mass is 10.2. The molecule has 2 heterocycles. The molecule has 0 aliphatic heterocycles. The first-order valence-corrected chi connectivity index (χ1v) is 8.54. The number of fused-ring (bicyclic) bond motifs is 1. The lowest BCUT2D eigenvalue weighted by Gasteiger charge is -2.11. The van der Waals surface area contributed by atoms with Crippen LogP contribution in [0, 0.1) is 12.7 Å². The van der Waals surface area contributed by atoms with Gasteiger partial charge >= 0.3 is 0 Å². The molecule has 4 nitrogen and oxygen atoms in total. The van der Waals surface area contributed by atoms with Gasteiger partial charge in [-0.3, -0.25) is 9.36 Å². The van der Waals surface area contributed by atoms with Crippen molar-refractivity contribution < 1.29 is 4.39 Å². The maximum absolute atomic E-state index is 13.0. The zero-order valence-corrected chi connectivity index (χ0v) is 13.9. The molecule has 3 aromatic rings. The van der Waals surface area contributed by atoms with Gasteiger partial charge in [-0.15, -0.1) is 0 Å². The number of hydrogen-bond acceptors (Lipinski definition) is 3. The van der Waals surface area contributed by atoms with Crippen molar-refractivity contribution in [3.8, 4) is 0 Å². The molecular formula is C17H18FN3OS. The first kappa shape index (κ1) is 15.8. The van der Waals surface area contributed by atoms with Crippen LogP contribution >= 0.6 is 11.8 Å². The van der Waals surface area contributed by atoms with Crippen LogP contribution in [0.1, 0.15) is 24.6 Å². The number of aromatic nitrogens is 3. The van der Waals surface area contributed by atoms with Crippen molar-refractivity contribution >= 4 is 22.8 Å². The van der Waals surface area contributed by atoms with Gasteiger partial charge in [0.2, 0.25) is 0 Å². The van der Waals surface area contributed by atoms with Crippen molar-refractivity contribution in [2.75, 3.05) is 0 Å². The van der Waals surface area contributed by atoms with Gasteiger partial charge in [0, 0.05) is 18.0 Å². The lowest BCUT2D eigenvalue weighted by Crippen LogP contribution is -2.23. The number of H-pyrrole nitrogens is 1. The summed E-state index contributed by atoms with van der Waals surface area (Å²) >= 11 is 1.50. The normalized spacial score (nSPS) is 11.3. The highest BCUT2D eigenvalue weighted by Crippen LogP contribution is 2.22. The van der Waals surface area contributed by atoms with Crippen molar-refractivity contribution in [1.82, 2.24) is 14.5 Å². The van der Waals surface area contributed by atoms with Crippen LogP contribution in [0.5, 0.6) is 0 Å². The minimum absolute atomic E-state index is 0.0356. The fourth-order valence-corrected chi connectivity index (χ4v) is 3.45. The Kier molecular flexibility index (Phi) is 4.52. The van der Waals surface area contributed by atoms with Crippen molar-refractivity contribution in [3.63, 3.8) is 0 Å². The molecule has 1 aromatic carbocycles. The van der Waals surface area contributed by atoms with E-state index in [-0.39, 0.29) is 11.4 Å². The SMILES string of the molecule is CCCn1c(SCc2ccc(F)cc2)nc2cc(C)[nH]c2c1=O. The molecule has 0 unspecified atom stereocenters. The number of aromatic amines is 1. The molecule has 0 saturated heterocycles. The number of benzene rings is 1. The topological polar surface area (TPSA) is 50.7 Å². The van der Waals surface area contributed by atoms with E-state index >= 15 is 0 Å². The van der Waals surface area contributed by atoms with Gasteiger partial charge in [0.05, 0.1) is 5.52 Å². The number of thioether (sulfide) groups is 1. The zero-order valence-electron chi connectivity index (χ0n) is 13.1. The molecule has 0 aliphatic rings. The van der Waals surface area contributed by atoms with Crippen LogP contribution in [-0.2, 0) is 12.3 Å². The largest absolute Gasteiger partial charge is 0.353 e. The van der Waals surface area contributed by atoms with E-state index in [1.165, 1.54) is 23.9 Å². The molecule has 23 heavy (non-hydrogen) atoms. The average molecular weight is 331 g/mol. The fourth-order valence-electron chi connectivity index (χ4n) is 2.47. The van der Waals surface area contributed by atoms with Gasteiger partial charge in [0.15, 0.2) is 5.16 Å². The molecule has 2 aromatic heterocycles. The van der Waals surface area contributed by atoms with Crippen LogP contribution in [0.25, 0.3) is 11.0 Å². The van der Waals surface area contributed by atoms with Crippen LogP contribution in [0.3, 0.4) is 0 Å². The quantitative estimate of drug-likeness (QED) is 0.570. The van der Waals surface area contributed by atoms with Crippen molar-refractivity contribution in [3.05, 3.63) is 57.8 Å². The van der Waals surface area contributed by atoms with Gasteiger partial charge in [-0.05, 0) is 37.1 Å². The second-order valence-corrected chi connectivity index (χ2v) is 6.42. The van der Waals surface area contributed by atoms with Gasteiger partial charge in [-0.1, -0.05) is 30.8 Å². The molecule has 0 aliphatic carbocycles. The van der Waals surface area contributed by atoms with Gasteiger partial charge < -0.3 is 4.98 Å². The summed E-state index contributed by atoms with van der Waals surface area (Å²) in [4.78, 5) is 20.4. The van der Waals surface area contributed by atoms with Gasteiger partial charge in [-0.2, -0.15) is 0 Å². The molecule has 1 N–H and O–H groups in total. The Bertz CT molecular complexity index is 883. The van der Waals surface area contributed by atoms with E-state index < -0.39 is 0 Å². The molecule has 0 saturated carbocycles. The van der Waals surface area contributed by atoms with Crippen LogP contribution in [0.4, 0.5) is 4.39 Å². The second-order valence-electron chi connectivity index (χ2n) is 5.48. The third kappa shape index (κ3) is 3.32. The van der Waals surface area contributed by atoms with E-state index in [0.29, 0.717) is 28.5 Å². The van der Waals surface area contributed by atoms with E-state index in [1.807, 2.05) is 19.9 Å². The highest BCUT2D eigenvalue weighted by atomic mass is 32.2. The summed E-state index contributed by atoms with van der Waals surface area (Å²) in [5.74, 6) is 0.398. The Morgan fingerprint density at radius 2 is 2.04 bits per heavy atom. The first-order chi connectivity index (χ1) is 11.1. The van der Waals surface area contributed by atoms with E-state index in [0.717, 1.165) is 17.7 Å². The maximum atomic E-state index is 13.0. The Balaban J connectivity index is 1.96. The standard InChI is InChI=1S/C17H18FN3OS/c1-3-8-21-16(22)15-14(9-11(2)19-15)20-17(21)23-10-12-4-6-13(18)7-5-12/h4-7,9,19H,3,8,10H2,1-2H3. The predicted molar refractivity (Wildman–Crippen MR) is 91.3 cm³/mol. The van der Waals surface area contributed by atoms with Gasteiger partial charge in [0.1, 0.15) is 11.3 Å².